The van der Waals surface area contributed by atoms with Crippen molar-refractivity contribution < 1.29 is 9.53 Å². The number of anilines is 1. The molecule has 1 saturated heterocycles. The maximum absolute atomic E-state index is 11.9. The lowest BCUT2D eigenvalue weighted by Crippen LogP contribution is -2.45. The van der Waals surface area contributed by atoms with E-state index in [4.69, 9.17) is 10.5 Å². The van der Waals surface area contributed by atoms with Crippen molar-refractivity contribution in [1.29, 1.82) is 0 Å². The molecule has 2 atom stereocenters. The number of amides is 1. The number of hydrogen-bond acceptors (Lipinski definition) is 4. The fourth-order valence-electron chi connectivity index (χ4n) is 2.71. The highest BCUT2D eigenvalue weighted by Crippen LogP contribution is 2.26. The minimum absolute atomic E-state index is 0.0465. The Labute approximate surface area is 132 Å². The van der Waals surface area contributed by atoms with Crippen LogP contribution in [0.3, 0.4) is 0 Å². The van der Waals surface area contributed by atoms with E-state index in [1.165, 1.54) is 5.69 Å². The number of carbonyl (C=O) groups is 1. The Bertz CT molecular complexity index is 504. The molecule has 1 fully saturated rings. The van der Waals surface area contributed by atoms with E-state index >= 15 is 0 Å². The third-order valence-corrected chi connectivity index (χ3v) is 4.29. The van der Waals surface area contributed by atoms with Crippen molar-refractivity contribution in [3.05, 3.63) is 24.3 Å². The number of hydrogen-bond donors (Lipinski definition) is 2. The summed E-state index contributed by atoms with van der Waals surface area (Å²) in [4.78, 5) is 14.2. The minimum Gasteiger partial charge on any atom is -0.497 e. The second kappa shape index (κ2) is 7.49. The fourth-order valence-corrected chi connectivity index (χ4v) is 2.71. The van der Waals surface area contributed by atoms with Crippen molar-refractivity contribution in [2.75, 3.05) is 31.6 Å². The van der Waals surface area contributed by atoms with Crippen molar-refractivity contribution in [1.82, 2.24) is 5.32 Å². The molecule has 1 unspecified atom stereocenters. The molecule has 1 heterocycles. The van der Waals surface area contributed by atoms with Gasteiger partial charge in [0.25, 0.3) is 0 Å². The topological polar surface area (TPSA) is 67.6 Å². The van der Waals surface area contributed by atoms with E-state index in [0.717, 1.165) is 25.3 Å². The predicted octanol–water partition coefficient (Wildman–Crippen LogP) is 1.62. The van der Waals surface area contributed by atoms with Gasteiger partial charge in [0.2, 0.25) is 5.91 Å². The molecule has 0 aromatic heterocycles. The van der Waals surface area contributed by atoms with E-state index in [9.17, 15) is 4.79 Å². The lowest BCUT2D eigenvalue weighted by Gasteiger charge is -2.20. The maximum Gasteiger partial charge on any atom is 0.237 e. The van der Waals surface area contributed by atoms with Crippen LogP contribution in [0.1, 0.15) is 20.3 Å². The molecule has 122 valence electrons. The summed E-state index contributed by atoms with van der Waals surface area (Å²) in [6.45, 7) is 6.57. The number of carbonyl (C=O) groups excluding carboxylic acids is 1. The molecule has 3 N–H and O–H groups in total. The molecule has 1 aromatic rings. The third-order valence-electron chi connectivity index (χ3n) is 4.29. The average molecular weight is 305 g/mol. The van der Waals surface area contributed by atoms with Gasteiger partial charge < -0.3 is 20.7 Å². The Morgan fingerprint density at radius 2 is 2.27 bits per heavy atom. The molecular formula is C17H27N3O2. The zero-order valence-corrected chi connectivity index (χ0v) is 13.7. The molecule has 0 radical (unpaired) electrons. The van der Waals surface area contributed by atoms with E-state index in [-0.39, 0.29) is 11.8 Å². The summed E-state index contributed by atoms with van der Waals surface area (Å²) in [5, 5.41) is 2.98. The quantitative estimate of drug-likeness (QED) is 0.838. The van der Waals surface area contributed by atoms with Crippen LogP contribution in [0.25, 0.3) is 0 Å². The highest BCUT2D eigenvalue weighted by atomic mass is 16.5. The van der Waals surface area contributed by atoms with Crippen LogP contribution in [0.4, 0.5) is 5.69 Å². The van der Waals surface area contributed by atoms with Crippen LogP contribution < -0.4 is 20.7 Å². The van der Waals surface area contributed by atoms with E-state index in [0.29, 0.717) is 12.5 Å². The van der Waals surface area contributed by atoms with Gasteiger partial charge in [-0.1, -0.05) is 19.9 Å². The zero-order valence-electron chi connectivity index (χ0n) is 13.7. The predicted molar refractivity (Wildman–Crippen MR) is 89.1 cm³/mol. The Morgan fingerprint density at radius 1 is 1.50 bits per heavy atom. The van der Waals surface area contributed by atoms with E-state index < -0.39 is 6.04 Å². The number of methoxy groups -OCH3 is 1. The second-order valence-corrected chi connectivity index (χ2v) is 6.32. The minimum atomic E-state index is -0.420. The van der Waals surface area contributed by atoms with Gasteiger partial charge in [0.15, 0.2) is 0 Å². The molecule has 0 bridgehead atoms. The fraction of sp³-hybridized carbons (Fsp3) is 0.588. The van der Waals surface area contributed by atoms with Gasteiger partial charge >= 0.3 is 0 Å². The molecule has 5 nitrogen and oxygen atoms in total. The standard InChI is InChI=1S/C17H27N3O2/c1-12(2)16(18)17(21)19-10-13-7-8-20(11-13)14-5-4-6-15(9-14)22-3/h4-6,9,12-13,16H,7-8,10-11,18H2,1-3H3,(H,19,21)/t13?,16-/m0/s1. The van der Waals surface area contributed by atoms with Crippen molar-refractivity contribution >= 4 is 11.6 Å². The van der Waals surface area contributed by atoms with Crippen molar-refractivity contribution in [2.45, 2.75) is 26.3 Å². The number of nitrogens with one attached hydrogen (secondary N) is 1. The summed E-state index contributed by atoms with van der Waals surface area (Å²) in [6.07, 6.45) is 1.08. The van der Waals surface area contributed by atoms with Crippen LogP contribution in [0.15, 0.2) is 24.3 Å². The van der Waals surface area contributed by atoms with Crippen LogP contribution in [0.2, 0.25) is 0 Å². The molecule has 1 aliphatic heterocycles. The zero-order chi connectivity index (χ0) is 16.1. The molecule has 5 heteroatoms. The Kier molecular flexibility index (Phi) is 5.66. The average Bonchev–Trinajstić information content (AvgIpc) is 3.00. The lowest BCUT2D eigenvalue weighted by atomic mass is 10.0. The Morgan fingerprint density at radius 3 is 2.95 bits per heavy atom. The van der Waals surface area contributed by atoms with Crippen LogP contribution in [-0.4, -0.2) is 38.7 Å². The van der Waals surface area contributed by atoms with Crippen molar-refractivity contribution in [3.8, 4) is 5.75 Å². The summed E-state index contributed by atoms with van der Waals surface area (Å²) in [7, 11) is 1.68. The number of benzene rings is 1. The van der Waals surface area contributed by atoms with Crippen LogP contribution in [-0.2, 0) is 4.79 Å². The first-order valence-corrected chi connectivity index (χ1v) is 7.93. The van der Waals surface area contributed by atoms with E-state index in [2.05, 4.69) is 22.3 Å². The molecule has 0 spiro atoms. The first kappa shape index (κ1) is 16.6. The highest BCUT2D eigenvalue weighted by molar-refractivity contribution is 5.81. The molecule has 1 amide bonds. The molecule has 2 rings (SSSR count). The Balaban J connectivity index is 1.84. The monoisotopic (exact) mass is 305 g/mol. The summed E-state index contributed by atoms with van der Waals surface area (Å²) in [5.41, 5.74) is 7.03. The smallest absolute Gasteiger partial charge is 0.237 e. The van der Waals surface area contributed by atoms with Crippen molar-refractivity contribution in [2.24, 2.45) is 17.6 Å². The number of nitrogens with two attached hydrogens (primary N) is 1. The largest absolute Gasteiger partial charge is 0.497 e. The maximum atomic E-state index is 11.9. The second-order valence-electron chi connectivity index (χ2n) is 6.32. The van der Waals surface area contributed by atoms with Crippen LogP contribution >= 0.6 is 0 Å². The summed E-state index contributed by atoms with van der Waals surface area (Å²) >= 11 is 0. The highest BCUT2D eigenvalue weighted by Gasteiger charge is 2.24. The van der Waals surface area contributed by atoms with E-state index in [1.54, 1.807) is 7.11 Å². The molecule has 1 aliphatic rings. The summed E-state index contributed by atoms with van der Waals surface area (Å²) in [5.74, 6) is 1.46. The molecule has 1 aromatic carbocycles. The molecule has 0 saturated carbocycles. The van der Waals surface area contributed by atoms with Gasteiger partial charge in [-0.15, -0.1) is 0 Å². The van der Waals surface area contributed by atoms with Gasteiger partial charge in [0.1, 0.15) is 5.75 Å². The third kappa shape index (κ3) is 4.13. The Hall–Kier alpha value is -1.75. The van der Waals surface area contributed by atoms with Crippen molar-refractivity contribution in [3.63, 3.8) is 0 Å². The van der Waals surface area contributed by atoms with Crippen LogP contribution in [0, 0.1) is 11.8 Å². The molecular weight excluding hydrogens is 278 g/mol. The van der Waals surface area contributed by atoms with Crippen LogP contribution in [0.5, 0.6) is 5.75 Å². The number of ether oxygens (including phenoxy) is 1. The van der Waals surface area contributed by atoms with Gasteiger partial charge in [-0.05, 0) is 30.4 Å². The van der Waals surface area contributed by atoms with Gasteiger partial charge in [-0.3, -0.25) is 4.79 Å². The first-order chi connectivity index (χ1) is 10.5. The van der Waals surface area contributed by atoms with Gasteiger partial charge in [-0.2, -0.15) is 0 Å². The van der Waals surface area contributed by atoms with Gasteiger partial charge in [-0.25, -0.2) is 0 Å². The van der Waals surface area contributed by atoms with E-state index in [1.807, 2.05) is 26.0 Å². The normalized spacial score (nSPS) is 19.3. The summed E-state index contributed by atoms with van der Waals surface area (Å²) < 4.78 is 5.27. The lowest BCUT2D eigenvalue weighted by molar-refractivity contribution is -0.123. The molecule has 0 aliphatic carbocycles. The molecule has 22 heavy (non-hydrogen) atoms. The number of rotatable bonds is 6. The SMILES string of the molecule is COc1cccc(N2CCC(CNC(=O)[C@@H](N)C(C)C)C2)c1. The first-order valence-electron chi connectivity index (χ1n) is 7.93. The van der Waals surface area contributed by atoms with Gasteiger partial charge in [0.05, 0.1) is 13.2 Å². The summed E-state index contributed by atoms with van der Waals surface area (Å²) in [6, 6.07) is 7.68. The van der Waals surface area contributed by atoms with Gasteiger partial charge in [0, 0.05) is 31.4 Å². The number of nitrogens with zero attached hydrogens (tertiary/aromatic N) is 1.